The summed E-state index contributed by atoms with van der Waals surface area (Å²) in [6.07, 6.45) is 3.04. The summed E-state index contributed by atoms with van der Waals surface area (Å²) in [4.78, 5) is 14.1. The number of amides is 1. The lowest BCUT2D eigenvalue weighted by molar-refractivity contribution is -0.122. The molecule has 1 aromatic carbocycles. The van der Waals surface area contributed by atoms with E-state index in [4.69, 9.17) is 5.26 Å². The third-order valence-electron chi connectivity index (χ3n) is 3.46. The number of anilines is 1. The molecule has 2 rings (SSSR count). The van der Waals surface area contributed by atoms with Crippen LogP contribution >= 0.6 is 15.9 Å². The average Bonchev–Trinajstić information content (AvgIpc) is 2.46. The molecule has 1 aromatic rings. The maximum Gasteiger partial charge on any atom is 0.242 e. The number of carbonyl (C=O) groups excluding carboxylic acids is 1. The van der Waals surface area contributed by atoms with Crippen LogP contribution < -0.4 is 10.2 Å². The minimum Gasteiger partial charge on any atom is -0.359 e. The van der Waals surface area contributed by atoms with E-state index in [-0.39, 0.29) is 11.9 Å². The van der Waals surface area contributed by atoms with Crippen LogP contribution in [0.4, 0.5) is 5.69 Å². The number of benzene rings is 1. The lowest BCUT2D eigenvalue weighted by Crippen LogP contribution is -2.48. The number of piperidine rings is 1. The van der Waals surface area contributed by atoms with Crippen LogP contribution in [0, 0.1) is 11.3 Å². The van der Waals surface area contributed by atoms with E-state index in [1.54, 1.807) is 13.1 Å². The minimum atomic E-state index is -0.112. The predicted molar refractivity (Wildman–Crippen MR) is 77.9 cm³/mol. The van der Waals surface area contributed by atoms with Gasteiger partial charge in [-0.15, -0.1) is 0 Å². The normalized spacial score (nSPS) is 18.8. The van der Waals surface area contributed by atoms with Crippen molar-refractivity contribution < 1.29 is 4.79 Å². The van der Waals surface area contributed by atoms with Crippen LogP contribution in [0.2, 0.25) is 0 Å². The number of hydrogen-bond donors (Lipinski definition) is 1. The smallest absolute Gasteiger partial charge is 0.242 e. The van der Waals surface area contributed by atoms with E-state index in [1.165, 1.54) is 0 Å². The van der Waals surface area contributed by atoms with Gasteiger partial charge in [-0.2, -0.15) is 5.26 Å². The standard InChI is InChI=1S/C14H16BrN3O/c1-17-14(19)13-4-2-3-7-18(13)11-6-5-10(9-16)12(15)8-11/h5-6,8,13H,2-4,7H2,1H3,(H,17,19). The minimum absolute atomic E-state index is 0.0557. The molecule has 0 bridgehead atoms. The fourth-order valence-corrected chi connectivity index (χ4v) is 2.91. The molecule has 1 atom stereocenters. The number of carbonyl (C=O) groups is 1. The Labute approximate surface area is 121 Å². The van der Waals surface area contributed by atoms with Crippen LogP contribution in [0.1, 0.15) is 24.8 Å². The molecule has 100 valence electrons. The number of nitriles is 1. The molecule has 0 saturated carbocycles. The molecular formula is C14H16BrN3O. The van der Waals surface area contributed by atoms with Gasteiger partial charge in [-0.3, -0.25) is 4.79 Å². The second-order valence-electron chi connectivity index (χ2n) is 4.60. The number of nitrogens with zero attached hydrogens (tertiary/aromatic N) is 2. The second kappa shape index (κ2) is 6.07. The molecule has 0 spiro atoms. The first-order valence-electron chi connectivity index (χ1n) is 6.35. The highest BCUT2D eigenvalue weighted by molar-refractivity contribution is 9.10. The molecule has 1 saturated heterocycles. The van der Waals surface area contributed by atoms with Crippen molar-refractivity contribution >= 4 is 27.5 Å². The highest BCUT2D eigenvalue weighted by Gasteiger charge is 2.28. The van der Waals surface area contributed by atoms with Gasteiger partial charge in [0.15, 0.2) is 0 Å². The zero-order chi connectivity index (χ0) is 13.8. The predicted octanol–water partition coefficient (Wildman–Crippen LogP) is 2.43. The lowest BCUT2D eigenvalue weighted by Gasteiger charge is -2.36. The van der Waals surface area contributed by atoms with Gasteiger partial charge in [-0.25, -0.2) is 0 Å². The number of rotatable bonds is 2. The van der Waals surface area contributed by atoms with Gasteiger partial charge >= 0.3 is 0 Å². The maximum atomic E-state index is 11.9. The topological polar surface area (TPSA) is 56.1 Å². The fraction of sp³-hybridized carbons (Fsp3) is 0.429. The van der Waals surface area contributed by atoms with Gasteiger partial charge < -0.3 is 10.2 Å². The zero-order valence-corrected chi connectivity index (χ0v) is 12.4. The summed E-state index contributed by atoms with van der Waals surface area (Å²) in [5.41, 5.74) is 1.59. The first-order chi connectivity index (χ1) is 9.17. The van der Waals surface area contributed by atoms with Crippen LogP contribution in [0.5, 0.6) is 0 Å². The van der Waals surface area contributed by atoms with Gasteiger partial charge in [0.25, 0.3) is 0 Å². The highest BCUT2D eigenvalue weighted by atomic mass is 79.9. The summed E-state index contributed by atoms with van der Waals surface area (Å²) in [5.74, 6) is 0.0557. The number of nitrogens with one attached hydrogen (secondary N) is 1. The summed E-state index contributed by atoms with van der Waals surface area (Å²) in [6, 6.07) is 7.62. The van der Waals surface area contributed by atoms with Crippen molar-refractivity contribution in [2.45, 2.75) is 25.3 Å². The third-order valence-corrected chi connectivity index (χ3v) is 4.11. The molecule has 1 aliphatic heterocycles. The molecule has 0 aliphatic carbocycles. The summed E-state index contributed by atoms with van der Waals surface area (Å²) < 4.78 is 0.772. The van der Waals surface area contributed by atoms with Crippen LogP contribution in [0.3, 0.4) is 0 Å². The van der Waals surface area contributed by atoms with E-state index in [0.717, 1.165) is 36.0 Å². The van der Waals surface area contributed by atoms with E-state index in [2.05, 4.69) is 32.2 Å². The Kier molecular flexibility index (Phi) is 4.43. The van der Waals surface area contributed by atoms with Crippen LogP contribution in [0.15, 0.2) is 22.7 Å². The van der Waals surface area contributed by atoms with Gasteiger partial charge in [0, 0.05) is 23.8 Å². The van der Waals surface area contributed by atoms with Gasteiger partial charge in [0.05, 0.1) is 5.56 Å². The molecule has 1 fully saturated rings. The first kappa shape index (κ1) is 13.9. The van der Waals surface area contributed by atoms with Crippen molar-refractivity contribution in [3.63, 3.8) is 0 Å². The Bertz CT molecular complexity index is 524. The molecule has 1 N–H and O–H groups in total. The second-order valence-corrected chi connectivity index (χ2v) is 5.45. The number of hydrogen-bond acceptors (Lipinski definition) is 3. The van der Waals surface area contributed by atoms with Gasteiger partial charge in [-0.05, 0) is 53.4 Å². The lowest BCUT2D eigenvalue weighted by atomic mass is 10.00. The summed E-state index contributed by atoms with van der Waals surface area (Å²) in [5, 5.41) is 11.7. The molecule has 1 unspecified atom stereocenters. The fourth-order valence-electron chi connectivity index (χ4n) is 2.45. The van der Waals surface area contributed by atoms with Crippen LogP contribution in [0.25, 0.3) is 0 Å². The monoisotopic (exact) mass is 321 g/mol. The van der Waals surface area contributed by atoms with E-state index < -0.39 is 0 Å². The van der Waals surface area contributed by atoms with Crippen molar-refractivity contribution in [3.05, 3.63) is 28.2 Å². The molecule has 1 heterocycles. The summed E-state index contributed by atoms with van der Waals surface area (Å²) in [7, 11) is 1.67. The molecular weight excluding hydrogens is 306 g/mol. The van der Waals surface area contributed by atoms with E-state index >= 15 is 0 Å². The molecule has 1 amide bonds. The third kappa shape index (κ3) is 2.90. The average molecular weight is 322 g/mol. The quantitative estimate of drug-likeness (QED) is 0.910. The van der Waals surface area contributed by atoms with Gasteiger partial charge in [-0.1, -0.05) is 0 Å². The Morgan fingerprint density at radius 2 is 2.32 bits per heavy atom. The number of halogens is 1. The Hall–Kier alpha value is -1.54. The summed E-state index contributed by atoms with van der Waals surface area (Å²) >= 11 is 3.40. The van der Waals surface area contributed by atoms with Gasteiger partial charge in [0.1, 0.15) is 12.1 Å². The van der Waals surface area contributed by atoms with E-state index in [1.807, 2.05) is 12.1 Å². The Balaban J connectivity index is 2.30. The summed E-state index contributed by atoms with van der Waals surface area (Å²) in [6.45, 7) is 0.871. The van der Waals surface area contributed by atoms with Crippen LogP contribution in [-0.4, -0.2) is 25.5 Å². The maximum absolute atomic E-state index is 11.9. The zero-order valence-electron chi connectivity index (χ0n) is 10.8. The van der Waals surface area contributed by atoms with Crippen molar-refractivity contribution in [1.29, 1.82) is 5.26 Å². The van der Waals surface area contributed by atoms with Crippen molar-refractivity contribution in [2.24, 2.45) is 0 Å². The Morgan fingerprint density at radius 1 is 1.53 bits per heavy atom. The van der Waals surface area contributed by atoms with Gasteiger partial charge in [0.2, 0.25) is 5.91 Å². The SMILES string of the molecule is CNC(=O)C1CCCCN1c1ccc(C#N)c(Br)c1. The van der Waals surface area contributed by atoms with Crippen molar-refractivity contribution in [2.75, 3.05) is 18.5 Å². The molecule has 0 radical (unpaired) electrons. The highest BCUT2D eigenvalue weighted by Crippen LogP contribution is 2.29. The molecule has 0 aromatic heterocycles. The molecule has 4 nitrogen and oxygen atoms in total. The van der Waals surface area contributed by atoms with E-state index in [0.29, 0.717) is 5.56 Å². The largest absolute Gasteiger partial charge is 0.359 e. The van der Waals surface area contributed by atoms with Crippen molar-refractivity contribution in [1.82, 2.24) is 5.32 Å². The molecule has 19 heavy (non-hydrogen) atoms. The Morgan fingerprint density at radius 3 is 2.95 bits per heavy atom. The first-order valence-corrected chi connectivity index (χ1v) is 7.14. The van der Waals surface area contributed by atoms with Crippen LogP contribution in [-0.2, 0) is 4.79 Å². The number of likely N-dealkylation sites (N-methyl/N-ethyl adjacent to an activating group) is 1. The van der Waals surface area contributed by atoms with E-state index in [9.17, 15) is 4.79 Å². The molecule has 5 heteroatoms. The molecule has 1 aliphatic rings. The van der Waals surface area contributed by atoms with Crippen molar-refractivity contribution in [3.8, 4) is 6.07 Å².